The number of amidine groups is 1. The first-order chi connectivity index (χ1) is 18.1. The zero-order valence-electron chi connectivity index (χ0n) is 20.1. The number of nitrogen functional groups attached to an aromatic ring is 1. The van der Waals surface area contributed by atoms with Crippen molar-refractivity contribution in [3.8, 4) is 11.5 Å². The Balaban J connectivity index is 0.000000205. The van der Waals surface area contributed by atoms with E-state index in [9.17, 15) is 0 Å². The molecule has 0 amide bonds. The molecule has 39 heavy (non-hydrogen) atoms. The van der Waals surface area contributed by atoms with Crippen LogP contribution in [0.25, 0.3) is 4.85 Å². The molecule has 6 rings (SSSR count). The summed E-state index contributed by atoms with van der Waals surface area (Å²) in [6, 6.07) is 11.1. The lowest BCUT2D eigenvalue weighted by atomic mass is 10.1. The van der Waals surface area contributed by atoms with Crippen molar-refractivity contribution in [2.45, 2.75) is 27.9 Å². The van der Waals surface area contributed by atoms with Gasteiger partial charge in [-0.05, 0) is 30.3 Å². The molecule has 0 atom stereocenters. The van der Waals surface area contributed by atoms with Gasteiger partial charge >= 0.3 is 0 Å². The summed E-state index contributed by atoms with van der Waals surface area (Å²) < 4.78 is 11.2. The number of nitrogens with one attached hydrogen (secondary N) is 3. The molecule has 0 saturated carbocycles. The second kappa shape index (κ2) is 13.0. The number of ether oxygens (including phenoxy) is 2. The van der Waals surface area contributed by atoms with Crippen molar-refractivity contribution < 1.29 is 9.47 Å². The van der Waals surface area contributed by atoms with Crippen molar-refractivity contribution in [3.05, 3.63) is 89.8 Å². The second-order valence-electron chi connectivity index (χ2n) is 8.55. The van der Waals surface area contributed by atoms with Crippen LogP contribution in [0.3, 0.4) is 0 Å². The van der Waals surface area contributed by atoms with E-state index >= 15 is 0 Å². The molecule has 0 fully saturated rings. The molecular weight excluding hydrogens is 494 g/mol. The first-order valence-corrected chi connectivity index (χ1v) is 11.8. The van der Waals surface area contributed by atoms with Crippen molar-refractivity contribution in [2.75, 3.05) is 36.1 Å². The molecule has 11 nitrogen and oxygen atoms in total. The molecule has 2 aromatic carbocycles. The number of nitrogens with zero attached hydrogens (tertiary/aromatic N) is 5. The average Bonchev–Trinajstić information content (AvgIpc) is 3.64. The highest BCUT2D eigenvalue weighted by atomic mass is 16.5. The molecule has 0 unspecified atom stereocenters. The van der Waals surface area contributed by atoms with Crippen LogP contribution in [0.2, 0.25) is 0 Å². The van der Waals surface area contributed by atoms with Gasteiger partial charge in [-0.1, -0.05) is 20.9 Å². The average molecular weight is 530 g/mol. The van der Waals surface area contributed by atoms with Crippen LogP contribution in [0.15, 0.2) is 61.4 Å². The minimum absolute atomic E-state index is 0. The van der Waals surface area contributed by atoms with Gasteiger partial charge in [0.2, 0.25) is 0 Å². The predicted octanol–water partition coefficient (Wildman–Crippen LogP) is 4.72. The Labute approximate surface area is 228 Å². The van der Waals surface area contributed by atoms with Crippen molar-refractivity contribution in [3.63, 3.8) is 0 Å². The summed E-state index contributed by atoms with van der Waals surface area (Å²) in [5, 5.41) is 7.52. The number of imidazole rings is 2. The zero-order chi connectivity index (χ0) is 25.6. The molecule has 2 aromatic heterocycles. The number of hydrogen-bond acceptors (Lipinski definition) is 7. The molecule has 5 N–H and O–H groups in total. The Kier molecular flexibility index (Phi) is 9.53. The highest BCUT2D eigenvalue weighted by Gasteiger charge is 2.20. The molecule has 0 radical (unpaired) electrons. The maximum absolute atomic E-state index is 7.52. The smallest absolute Gasteiger partial charge is 0.189 e. The first-order valence-electron chi connectivity index (χ1n) is 11.8. The topological polar surface area (TPSA) is 137 Å². The predicted molar refractivity (Wildman–Crippen MR) is 154 cm³/mol. The third kappa shape index (κ3) is 6.67. The van der Waals surface area contributed by atoms with Crippen LogP contribution in [0.1, 0.15) is 31.8 Å². The van der Waals surface area contributed by atoms with E-state index in [-0.39, 0.29) is 20.7 Å². The molecule has 204 valence electrons. The monoisotopic (exact) mass is 529 g/mol. The number of anilines is 2. The first kappa shape index (κ1) is 28.6. The lowest BCUT2D eigenvalue weighted by Gasteiger charge is -2.31. The minimum atomic E-state index is 0. The summed E-state index contributed by atoms with van der Waals surface area (Å²) >= 11 is 0. The van der Waals surface area contributed by atoms with Crippen LogP contribution in [0, 0.1) is 12.0 Å². The minimum Gasteiger partial charge on any atom is -0.490 e. The van der Waals surface area contributed by atoms with Gasteiger partial charge in [0, 0.05) is 18.0 Å². The maximum Gasteiger partial charge on any atom is 0.189 e. The molecule has 4 heterocycles. The van der Waals surface area contributed by atoms with Gasteiger partial charge in [-0.2, -0.15) is 0 Å². The quantitative estimate of drug-likeness (QED) is 0.167. The fourth-order valence-electron chi connectivity index (χ4n) is 4.25. The number of hydrogen-bond donors (Lipinski definition) is 4. The Morgan fingerprint density at radius 2 is 1.44 bits per heavy atom. The highest BCUT2D eigenvalue weighted by molar-refractivity contribution is 5.96. The van der Waals surface area contributed by atoms with E-state index in [1.54, 1.807) is 24.8 Å². The van der Waals surface area contributed by atoms with Gasteiger partial charge in [0.05, 0.1) is 68.2 Å². The molecule has 0 saturated heterocycles. The molecule has 2 aliphatic heterocycles. The van der Waals surface area contributed by atoms with E-state index in [4.69, 9.17) is 27.2 Å². The van der Waals surface area contributed by atoms with Crippen molar-refractivity contribution in [2.24, 2.45) is 5.73 Å². The van der Waals surface area contributed by atoms with Crippen LogP contribution in [-0.4, -0.2) is 52.1 Å². The second-order valence-corrected chi connectivity index (χ2v) is 8.55. The van der Waals surface area contributed by atoms with E-state index in [0.717, 1.165) is 60.4 Å². The molecule has 4 aromatic rings. The van der Waals surface area contributed by atoms with Crippen LogP contribution in [0.5, 0.6) is 11.5 Å². The Bertz CT molecular complexity index is 1400. The SMILES string of the molecule is C.C.N=C(N)c1ccc2c(c1)N(Cc1cnc[nH]1)CCO2.[C-]#[N+]c1ccc2c(c1)N(Cc1cnc[nH]1)CCO2. The third-order valence-electron chi connectivity index (χ3n) is 6.09. The van der Waals surface area contributed by atoms with E-state index < -0.39 is 0 Å². The van der Waals surface area contributed by atoms with Crippen LogP contribution >= 0.6 is 0 Å². The number of H-pyrrole nitrogens is 2. The van der Waals surface area contributed by atoms with Crippen molar-refractivity contribution in [1.82, 2.24) is 19.9 Å². The van der Waals surface area contributed by atoms with Crippen molar-refractivity contribution in [1.29, 1.82) is 5.41 Å². The van der Waals surface area contributed by atoms with E-state index in [1.165, 1.54) is 0 Å². The lowest BCUT2D eigenvalue weighted by Crippen LogP contribution is -2.32. The maximum atomic E-state index is 7.52. The number of aromatic nitrogens is 4. The molecule has 11 heteroatoms. The number of benzene rings is 2. The molecule has 0 bridgehead atoms. The van der Waals surface area contributed by atoms with Crippen LogP contribution < -0.4 is 25.0 Å². The van der Waals surface area contributed by atoms with E-state index in [0.29, 0.717) is 24.5 Å². The van der Waals surface area contributed by atoms with E-state index in [2.05, 4.69) is 34.6 Å². The van der Waals surface area contributed by atoms with Crippen LogP contribution in [0.4, 0.5) is 17.1 Å². The zero-order valence-corrected chi connectivity index (χ0v) is 20.1. The van der Waals surface area contributed by atoms with Gasteiger partial charge in [0.1, 0.15) is 30.5 Å². The molecule has 0 aliphatic carbocycles. The summed E-state index contributed by atoms with van der Waals surface area (Å²) in [5.41, 5.74) is 10.9. The lowest BCUT2D eigenvalue weighted by molar-refractivity contribution is 0.306. The van der Waals surface area contributed by atoms with Crippen molar-refractivity contribution >= 4 is 22.9 Å². The highest BCUT2D eigenvalue weighted by Crippen LogP contribution is 2.36. The number of rotatable bonds is 5. The fraction of sp³-hybridized carbons (Fsp3) is 0.286. The number of fused-ring (bicyclic) bond motifs is 2. The van der Waals surface area contributed by atoms with Gasteiger partial charge in [-0.15, -0.1) is 0 Å². The Morgan fingerprint density at radius 1 is 0.897 bits per heavy atom. The summed E-state index contributed by atoms with van der Waals surface area (Å²) in [6.07, 6.45) is 6.97. The Morgan fingerprint density at radius 3 is 1.92 bits per heavy atom. The number of aromatic amines is 2. The van der Waals surface area contributed by atoms with Gasteiger partial charge in [0.25, 0.3) is 0 Å². The largest absolute Gasteiger partial charge is 0.490 e. The molecular formula is C28H35N9O2. The summed E-state index contributed by atoms with van der Waals surface area (Å²) in [6.45, 7) is 11.5. The van der Waals surface area contributed by atoms with Gasteiger partial charge in [-0.25, -0.2) is 14.8 Å². The number of nitrogens with two attached hydrogens (primary N) is 1. The third-order valence-corrected chi connectivity index (χ3v) is 6.09. The summed E-state index contributed by atoms with van der Waals surface area (Å²) in [4.78, 5) is 22.1. The summed E-state index contributed by atoms with van der Waals surface area (Å²) in [5.74, 6) is 1.73. The van der Waals surface area contributed by atoms with Gasteiger partial charge in [-0.3, -0.25) is 5.41 Å². The normalized spacial score (nSPS) is 13.0. The standard InChI is InChI=1S/C13H15N5O.C13H12N4O.2CH4/c14-13(15)9-1-2-12-11(5-9)18(3-4-19-12)7-10-6-16-8-17-10;1-14-10-2-3-13-12(6-10)17(4-5-18-13)8-11-7-15-9-16-11;;/h1-2,5-6,8H,3-4,7H2,(H3,14,15)(H,16,17);2-3,6-7,9H,4-5,8H2,(H,15,16);2*1H4. The summed E-state index contributed by atoms with van der Waals surface area (Å²) in [7, 11) is 0. The Hall–Kier alpha value is -4.98. The van der Waals surface area contributed by atoms with Crippen LogP contribution in [-0.2, 0) is 13.1 Å². The van der Waals surface area contributed by atoms with Gasteiger partial charge in [0.15, 0.2) is 5.69 Å². The fourth-order valence-corrected chi connectivity index (χ4v) is 4.25. The molecule has 2 aliphatic rings. The van der Waals surface area contributed by atoms with E-state index in [1.807, 2.05) is 36.7 Å². The molecule has 0 spiro atoms. The van der Waals surface area contributed by atoms with Gasteiger partial charge < -0.3 is 35.0 Å².